The van der Waals surface area contributed by atoms with E-state index in [9.17, 15) is 0 Å². The van der Waals surface area contributed by atoms with E-state index < -0.39 is 0 Å². The van der Waals surface area contributed by atoms with Crippen LogP contribution in [-0.2, 0) is 0 Å². The molecule has 2 rings (SSSR count). The van der Waals surface area contributed by atoms with Crippen molar-refractivity contribution in [2.45, 2.75) is 97.8 Å². The van der Waals surface area contributed by atoms with Gasteiger partial charge in [-0.05, 0) is 43.2 Å². The van der Waals surface area contributed by atoms with Crippen molar-refractivity contribution in [2.75, 3.05) is 19.6 Å². The topological polar surface area (TPSA) is 30.0 Å². The summed E-state index contributed by atoms with van der Waals surface area (Å²) in [6, 6.07) is 15.9. The van der Waals surface area contributed by atoms with Crippen LogP contribution in [0.2, 0.25) is 0 Å². The molecular formula is C28H47NO. The molecule has 170 valence electrons. The number of benzene rings is 2. The van der Waals surface area contributed by atoms with Crippen LogP contribution < -0.4 is 4.48 Å². The summed E-state index contributed by atoms with van der Waals surface area (Å²) in [4.78, 5) is 0. The van der Waals surface area contributed by atoms with Crippen LogP contribution in [0.4, 0.5) is 5.69 Å². The summed E-state index contributed by atoms with van der Waals surface area (Å²) < 4.78 is 1.17. The van der Waals surface area contributed by atoms with Crippen molar-refractivity contribution < 1.29 is 5.48 Å². The van der Waals surface area contributed by atoms with Crippen molar-refractivity contribution in [3.63, 3.8) is 0 Å². The van der Waals surface area contributed by atoms with Gasteiger partial charge in [0.1, 0.15) is 5.69 Å². The molecule has 30 heavy (non-hydrogen) atoms. The number of nitrogens with zero attached hydrogens (tertiary/aromatic N) is 1. The molecular weight excluding hydrogens is 366 g/mol. The minimum atomic E-state index is 0. The maximum absolute atomic E-state index is 2.41. The van der Waals surface area contributed by atoms with Gasteiger partial charge in [-0.1, -0.05) is 102 Å². The molecule has 2 nitrogen and oxygen atoms in total. The second kappa shape index (κ2) is 15.4. The van der Waals surface area contributed by atoms with Crippen LogP contribution in [0.3, 0.4) is 0 Å². The number of hydrogen-bond donors (Lipinski definition) is 0. The minimum Gasteiger partial charge on any atom is -0.870 e. The van der Waals surface area contributed by atoms with Crippen molar-refractivity contribution in [1.82, 2.24) is 4.48 Å². The normalized spacial score (nSPS) is 11.6. The Balaban J connectivity index is 0.00000450. The third-order valence-electron chi connectivity index (χ3n) is 6.52. The molecule has 0 aromatic heterocycles. The molecule has 0 saturated heterocycles. The Morgan fingerprint density at radius 1 is 0.533 bits per heavy atom. The van der Waals surface area contributed by atoms with Gasteiger partial charge in [-0.2, -0.15) is 0 Å². The smallest absolute Gasteiger partial charge is 0.140 e. The molecule has 2 aromatic carbocycles. The zero-order chi connectivity index (χ0) is 20.8. The van der Waals surface area contributed by atoms with Crippen molar-refractivity contribution in [2.24, 2.45) is 0 Å². The average molecular weight is 414 g/mol. The summed E-state index contributed by atoms with van der Waals surface area (Å²) in [6.07, 6.45) is 16.7. The van der Waals surface area contributed by atoms with E-state index in [1.807, 2.05) is 0 Å². The second-order valence-electron chi connectivity index (χ2n) is 9.00. The third-order valence-corrected chi connectivity index (χ3v) is 6.52. The predicted octanol–water partition coefficient (Wildman–Crippen LogP) is 8.71. The molecule has 0 bridgehead atoms. The largest absolute Gasteiger partial charge is 0.870 e. The molecule has 0 spiro atoms. The van der Waals surface area contributed by atoms with Crippen molar-refractivity contribution in [3.8, 4) is 0 Å². The molecule has 0 radical (unpaired) electrons. The Bertz CT molecular complexity index is 670. The zero-order valence-corrected chi connectivity index (χ0v) is 20.0. The highest BCUT2D eigenvalue weighted by Gasteiger charge is 2.29. The average Bonchev–Trinajstić information content (AvgIpc) is 2.75. The molecule has 0 unspecified atom stereocenters. The van der Waals surface area contributed by atoms with Gasteiger partial charge in [-0.15, -0.1) is 0 Å². The van der Waals surface area contributed by atoms with Crippen molar-refractivity contribution >= 4 is 16.5 Å². The summed E-state index contributed by atoms with van der Waals surface area (Å²) in [5.41, 5.74) is 1.56. The fourth-order valence-corrected chi connectivity index (χ4v) is 5.08. The Labute approximate surface area is 186 Å². The quantitative estimate of drug-likeness (QED) is 0.200. The lowest BCUT2D eigenvalue weighted by atomic mass is 10.0. The molecule has 2 heteroatoms. The van der Waals surface area contributed by atoms with Crippen molar-refractivity contribution in [1.29, 1.82) is 0 Å². The first-order valence-electron chi connectivity index (χ1n) is 12.6. The van der Waals surface area contributed by atoms with E-state index in [1.165, 1.54) is 112 Å². The van der Waals surface area contributed by atoms with Gasteiger partial charge in [0.25, 0.3) is 0 Å². The van der Waals surface area contributed by atoms with Gasteiger partial charge in [-0.3, -0.25) is 4.48 Å². The van der Waals surface area contributed by atoms with Crippen LogP contribution in [0.1, 0.15) is 97.8 Å². The van der Waals surface area contributed by atoms with Crippen LogP contribution in [0.25, 0.3) is 10.8 Å². The maximum Gasteiger partial charge on any atom is 0.140 e. The molecule has 0 fully saturated rings. The van der Waals surface area contributed by atoms with E-state index in [0.717, 1.165) is 0 Å². The van der Waals surface area contributed by atoms with E-state index in [1.54, 1.807) is 5.69 Å². The van der Waals surface area contributed by atoms with E-state index in [2.05, 4.69) is 63.2 Å². The first kappa shape index (κ1) is 26.7. The van der Waals surface area contributed by atoms with Gasteiger partial charge in [0.2, 0.25) is 0 Å². The van der Waals surface area contributed by atoms with Gasteiger partial charge in [0, 0.05) is 5.39 Å². The van der Waals surface area contributed by atoms with Gasteiger partial charge in [0.15, 0.2) is 0 Å². The van der Waals surface area contributed by atoms with Crippen LogP contribution >= 0.6 is 0 Å². The summed E-state index contributed by atoms with van der Waals surface area (Å²) in [6.45, 7) is 10.8. The van der Waals surface area contributed by atoms with Crippen molar-refractivity contribution in [3.05, 3.63) is 42.5 Å². The lowest BCUT2D eigenvalue weighted by molar-refractivity contribution is 0.267. The first-order chi connectivity index (χ1) is 14.3. The molecule has 0 amide bonds. The van der Waals surface area contributed by atoms with Gasteiger partial charge >= 0.3 is 0 Å². The molecule has 0 heterocycles. The molecule has 1 N–H and O–H groups in total. The Morgan fingerprint density at radius 2 is 1.07 bits per heavy atom. The lowest BCUT2D eigenvalue weighted by Crippen LogP contribution is -2.51. The predicted molar refractivity (Wildman–Crippen MR) is 135 cm³/mol. The summed E-state index contributed by atoms with van der Waals surface area (Å²) in [7, 11) is 0. The van der Waals surface area contributed by atoms with Gasteiger partial charge in [-0.25, -0.2) is 0 Å². The third kappa shape index (κ3) is 8.04. The molecule has 0 aliphatic rings. The Hall–Kier alpha value is -1.38. The lowest BCUT2D eigenvalue weighted by Gasteiger charge is -2.39. The Morgan fingerprint density at radius 3 is 1.67 bits per heavy atom. The highest BCUT2D eigenvalue weighted by atomic mass is 16.0. The molecule has 2 aromatic rings. The maximum atomic E-state index is 2.41. The molecule has 0 saturated carbocycles. The minimum absolute atomic E-state index is 0. The molecule has 0 aliphatic heterocycles. The number of fused-ring (bicyclic) bond motifs is 1. The fraction of sp³-hybridized carbons (Fsp3) is 0.643. The fourth-order valence-electron chi connectivity index (χ4n) is 5.08. The highest BCUT2D eigenvalue weighted by molar-refractivity contribution is 5.93. The summed E-state index contributed by atoms with van der Waals surface area (Å²) in [5, 5.41) is 2.85. The highest BCUT2D eigenvalue weighted by Crippen LogP contribution is 2.33. The standard InChI is InChI=1S/C28H46N.H2O/c1-4-7-8-9-10-11-12-13-14-17-25-29(23-5-2,24-6-3)28-22-18-20-26-19-15-16-21-27(26)28;/h15-16,18-22H,4-14,17,23-25H2,1-3H3;1H2/q+1;/p-1. The number of hydrogen-bond acceptors (Lipinski definition) is 1. The second-order valence-corrected chi connectivity index (χ2v) is 9.00. The van der Waals surface area contributed by atoms with Crippen LogP contribution in [0.5, 0.6) is 0 Å². The number of quaternary nitrogens is 1. The monoisotopic (exact) mass is 413 g/mol. The van der Waals surface area contributed by atoms with Crippen LogP contribution in [0, 0.1) is 0 Å². The summed E-state index contributed by atoms with van der Waals surface area (Å²) >= 11 is 0. The molecule has 0 aliphatic carbocycles. The SMILES string of the molecule is CCCCCCCCCCCC[N+](CCC)(CCC)c1cccc2ccccc12.[OH-]. The first-order valence-corrected chi connectivity index (χ1v) is 12.6. The zero-order valence-electron chi connectivity index (χ0n) is 20.0. The van der Waals surface area contributed by atoms with E-state index in [0.29, 0.717) is 0 Å². The van der Waals surface area contributed by atoms with E-state index >= 15 is 0 Å². The number of rotatable bonds is 16. The molecule has 0 atom stereocenters. The van der Waals surface area contributed by atoms with E-state index in [-0.39, 0.29) is 5.48 Å². The van der Waals surface area contributed by atoms with Gasteiger partial charge < -0.3 is 5.48 Å². The van der Waals surface area contributed by atoms with Crippen LogP contribution in [0.15, 0.2) is 42.5 Å². The Kier molecular flexibility index (Phi) is 13.7. The summed E-state index contributed by atoms with van der Waals surface area (Å²) in [5.74, 6) is 0. The van der Waals surface area contributed by atoms with Gasteiger partial charge in [0.05, 0.1) is 19.6 Å². The number of unbranched alkanes of at least 4 members (excludes halogenated alkanes) is 9. The van der Waals surface area contributed by atoms with E-state index in [4.69, 9.17) is 0 Å². The van der Waals surface area contributed by atoms with Crippen LogP contribution in [-0.4, -0.2) is 25.1 Å².